The lowest BCUT2D eigenvalue weighted by Crippen LogP contribution is -2.83. The zero-order chi connectivity index (χ0) is 17.4. The summed E-state index contributed by atoms with van der Waals surface area (Å²) in [6, 6.07) is 0. The van der Waals surface area contributed by atoms with Crippen LogP contribution in [0.3, 0.4) is 0 Å². The fraction of sp³-hybridized carbons (Fsp3) is 1.00. The fourth-order valence-electron chi connectivity index (χ4n) is 2.62. The van der Waals surface area contributed by atoms with Crippen molar-refractivity contribution >= 4 is 12.4 Å². The van der Waals surface area contributed by atoms with E-state index in [9.17, 15) is 46.0 Å². The van der Waals surface area contributed by atoms with Gasteiger partial charge in [-0.05, 0) is 0 Å². The Labute approximate surface area is 139 Å². The summed E-state index contributed by atoms with van der Waals surface area (Å²) in [6.45, 7) is -8.27. The minimum absolute atomic E-state index is 0. The van der Waals surface area contributed by atoms with Gasteiger partial charge < -0.3 is 46.0 Å². The molecule has 0 aliphatic heterocycles. The lowest BCUT2D eigenvalue weighted by atomic mass is 10.3. The molecule has 0 unspecified atom stereocenters. The monoisotopic (exact) mass is 370 g/mol. The Morgan fingerprint density at radius 1 is 0.391 bits per heavy atom. The zero-order valence-corrected chi connectivity index (χ0v) is 13.5. The summed E-state index contributed by atoms with van der Waals surface area (Å²) in [6.07, 6.45) is -1.58. The zero-order valence-electron chi connectivity index (χ0n) is 12.7. The molecular formula is C10H29ClN3O9+3. The first-order valence-corrected chi connectivity index (χ1v) is 6.47. The fourth-order valence-corrected chi connectivity index (χ4v) is 2.62. The molecule has 0 spiro atoms. The van der Waals surface area contributed by atoms with Crippen LogP contribution in [0.25, 0.3) is 0 Å². The number of aliphatic hydroxyl groups is 9. The molecule has 0 aromatic heterocycles. The molecule has 12 nitrogen and oxygen atoms in total. The Hall–Kier alpha value is -0.190. The SMILES string of the molecule is Cl.OC[N+](CO)(CO)C([N+](CO)(CO)CO)[N+](CO)(CO)CO. The van der Waals surface area contributed by atoms with Gasteiger partial charge in [0.2, 0.25) is 0 Å². The number of quaternary nitrogens is 3. The molecule has 0 heterocycles. The van der Waals surface area contributed by atoms with Gasteiger partial charge in [0.25, 0.3) is 0 Å². The van der Waals surface area contributed by atoms with Gasteiger partial charge in [0.15, 0.2) is 60.6 Å². The maximum atomic E-state index is 9.59. The van der Waals surface area contributed by atoms with Crippen LogP contribution in [0.2, 0.25) is 0 Å². The third-order valence-electron chi connectivity index (χ3n) is 4.00. The molecule has 0 aliphatic carbocycles. The van der Waals surface area contributed by atoms with Crippen LogP contribution in [0.1, 0.15) is 0 Å². The predicted molar refractivity (Wildman–Crippen MR) is 75.6 cm³/mol. The highest BCUT2D eigenvalue weighted by atomic mass is 35.5. The third kappa shape index (κ3) is 4.26. The van der Waals surface area contributed by atoms with Gasteiger partial charge in [-0.3, -0.25) is 0 Å². The van der Waals surface area contributed by atoms with E-state index in [4.69, 9.17) is 0 Å². The van der Waals surface area contributed by atoms with Crippen LogP contribution in [-0.4, -0.2) is 126 Å². The van der Waals surface area contributed by atoms with Crippen molar-refractivity contribution in [1.82, 2.24) is 0 Å². The maximum Gasteiger partial charge on any atom is 0.360 e. The molecule has 23 heavy (non-hydrogen) atoms. The molecule has 9 N–H and O–H groups in total. The Balaban J connectivity index is 0. The molecule has 0 aromatic rings. The number of hydrogen-bond acceptors (Lipinski definition) is 9. The van der Waals surface area contributed by atoms with E-state index in [2.05, 4.69) is 0 Å². The van der Waals surface area contributed by atoms with Gasteiger partial charge in [0.1, 0.15) is 0 Å². The molecule has 0 aliphatic rings. The second-order valence-corrected chi connectivity index (χ2v) is 5.27. The smallest absolute Gasteiger partial charge is 0.347 e. The minimum atomic E-state index is -1.58. The standard InChI is InChI=1S/C10H28N3O9.ClH/c14-1-11(2-15,3-16)10(12(4-17,5-18)6-19)13(7-20,8-21)9-22;/h10,14-22H,1-9H2;1H/q+3;. The largest absolute Gasteiger partial charge is 0.360 e. The van der Waals surface area contributed by atoms with Crippen LogP contribution in [0, 0.1) is 0 Å². The lowest BCUT2D eigenvalue weighted by Gasteiger charge is -2.52. The first kappa shape index (κ1) is 25.1. The van der Waals surface area contributed by atoms with E-state index < -0.39 is 80.3 Å². The average molecular weight is 371 g/mol. The number of hydrogen-bond donors (Lipinski definition) is 9. The van der Waals surface area contributed by atoms with Gasteiger partial charge >= 0.3 is 6.29 Å². The van der Waals surface area contributed by atoms with Crippen LogP contribution in [-0.2, 0) is 0 Å². The molecule has 0 fully saturated rings. The van der Waals surface area contributed by atoms with Gasteiger partial charge in [-0.2, -0.15) is 13.4 Å². The van der Waals surface area contributed by atoms with Gasteiger partial charge in [-0.25, -0.2) is 0 Å². The highest BCUT2D eigenvalue weighted by molar-refractivity contribution is 5.85. The summed E-state index contributed by atoms with van der Waals surface area (Å²) in [5.74, 6) is 0. The van der Waals surface area contributed by atoms with Gasteiger partial charge in [0, 0.05) is 0 Å². The molecule has 0 bridgehead atoms. The first-order valence-electron chi connectivity index (χ1n) is 6.47. The average Bonchev–Trinajstić information content (AvgIpc) is 2.60. The van der Waals surface area contributed by atoms with Crippen molar-refractivity contribution in [3.05, 3.63) is 0 Å². The van der Waals surface area contributed by atoms with Crippen molar-refractivity contribution in [2.24, 2.45) is 0 Å². The van der Waals surface area contributed by atoms with E-state index >= 15 is 0 Å². The molecule has 0 saturated carbocycles. The number of aliphatic hydroxyl groups excluding tert-OH is 9. The van der Waals surface area contributed by atoms with Gasteiger partial charge in [-0.15, -0.1) is 12.4 Å². The summed E-state index contributed by atoms with van der Waals surface area (Å²) in [4.78, 5) is 0. The summed E-state index contributed by atoms with van der Waals surface area (Å²) < 4.78 is -3.12. The van der Waals surface area contributed by atoms with Crippen molar-refractivity contribution in [3.63, 3.8) is 0 Å². The van der Waals surface area contributed by atoms with Crippen LogP contribution >= 0.6 is 12.4 Å². The Morgan fingerprint density at radius 3 is 0.609 bits per heavy atom. The van der Waals surface area contributed by atoms with E-state index in [1.165, 1.54) is 0 Å². The highest BCUT2D eigenvalue weighted by Gasteiger charge is 2.63. The molecule has 13 heteroatoms. The quantitative estimate of drug-likeness (QED) is 0.120. The van der Waals surface area contributed by atoms with E-state index in [-0.39, 0.29) is 12.4 Å². The van der Waals surface area contributed by atoms with Crippen molar-refractivity contribution in [3.8, 4) is 0 Å². The van der Waals surface area contributed by atoms with Crippen LogP contribution in [0.15, 0.2) is 0 Å². The Bertz CT molecular complexity index is 242. The van der Waals surface area contributed by atoms with Crippen molar-refractivity contribution in [2.45, 2.75) is 6.29 Å². The molecule has 0 aromatic carbocycles. The normalized spacial score (nSPS) is 13.3. The van der Waals surface area contributed by atoms with Crippen LogP contribution < -0.4 is 0 Å². The van der Waals surface area contributed by atoms with Gasteiger partial charge in [-0.1, -0.05) is 0 Å². The second-order valence-electron chi connectivity index (χ2n) is 5.27. The summed E-state index contributed by atoms with van der Waals surface area (Å²) in [7, 11) is 0. The summed E-state index contributed by atoms with van der Waals surface area (Å²) in [5, 5.41) is 86.3. The topological polar surface area (TPSA) is 182 Å². The van der Waals surface area contributed by atoms with Crippen molar-refractivity contribution in [1.29, 1.82) is 0 Å². The summed E-state index contributed by atoms with van der Waals surface area (Å²) in [5.41, 5.74) is 0. The van der Waals surface area contributed by atoms with Crippen LogP contribution in [0.5, 0.6) is 0 Å². The number of rotatable bonds is 12. The lowest BCUT2D eigenvalue weighted by molar-refractivity contribution is -1.31. The van der Waals surface area contributed by atoms with E-state index in [1.54, 1.807) is 0 Å². The molecule has 0 amide bonds. The van der Waals surface area contributed by atoms with E-state index in [1.807, 2.05) is 0 Å². The summed E-state index contributed by atoms with van der Waals surface area (Å²) >= 11 is 0. The molecule has 0 saturated heterocycles. The first-order chi connectivity index (χ1) is 10.4. The third-order valence-corrected chi connectivity index (χ3v) is 4.00. The molecule has 0 radical (unpaired) electrons. The molecule has 0 rings (SSSR count). The van der Waals surface area contributed by atoms with Gasteiger partial charge in [0.05, 0.1) is 0 Å². The maximum absolute atomic E-state index is 9.59. The minimum Gasteiger partial charge on any atom is -0.347 e. The van der Waals surface area contributed by atoms with E-state index in [0.717, 1.165) is 0 Å². The van der Waals surface area contributed by atoms with E-state index in [0.29, 0.717) is 0 Å². The van der Waals surface area contributed by atoms with Crippen LogP contribution in [0.4, 0.5) is 0 Å². The molecule has 0 atom stereocenters. The predicted octanol–water partition coefficient (Wildman–Crippen LogP) is -5.31. The van der Waals surface area contributed by atoms with Crippen molar-refractivity contribution < 1.29 is 59.4 Å². The Morgan fingerprint density at radius 2 is 0.522 bits per heavy atom. The number of halogens is 1. The Kier molecular flexibility index (Phi) is 11.6. The molecular weight excluding hydrogens is 342 g/mol. The highest BCUT2D eigenvalue weighted by Crippen LogP contribution is 2.30. The number of nitrogens with zero attached hydrogens (tertiary/aromatic N) is 3. The second kappa shape index (κ2) is 10.6. The van der Waals surface area contributed by atoms with Crippen molar-refractivity contribution in [2.75, 3.05) is 60.6 Å². The molecule has 142 valence electrons.